The van der Waals surface area contributed by atoms with Crippen LogP contribution in [0.3, 0.4) is 0 Å². The molecule has 0 aliphatic heterocycles. The summed E-state index contributed by atoms with van der Waals surface area (Å²) in [7, 11) is 0. The van der Waals surface area contributed by atoms with Gasteiger partial charge < -0.3 is 9.15 Å². The standard InChI is InChI=1S/C15H10Cl2N2O4/c1-8(20)23-7-11-13(12-3-2-4-22-12)15(21)19-6-9(16)5-10(17)14(19)18-11/h2-6H,7H2,1H3. The molecule has 0 radical (unpaired) electrons. The molecule has 3 heterocycles. The van der Waals surface area contributed by atoms with E-state index in [0.717, 1.165) is 0 Å². The molecule has 0 saturated heterocycles. The van der Waals surface area contributed by atoms with Crippen molar-refractivity contribution in [2.45, 2.75) is 13.5 Å². The van der Waals surface area contributed by atoms with Crippen LogP contribution in [0.15, 0.2) is 39.9 Å². The van der Waals surface area contributed by atoms with Crippen molar-refractivity contribution >= 4 is 34.8 Å². The molecule has 0 aliphatic carbocycles. The molecule has 0 N–H and O–H groups in total. The predicted molar refractivity (Wildman–Crippen MR) is 84.7 cm³/mol. The largest absolute Gasteiger partial charge is 0.464 e. The van der Waals surface area contributed by atoms with Crippen LogP contribution in [0, 0.1) is 0 Å². The Hall–Kier alpha value is -2.31. The molecule has 0 spiro atoms. The molecule has 3 aromatic heterocycles. The lowest BCUT2D eigenvalue weighted by Crippen LogP contribution is -2.21. The van der Waals surface area contributed by atoms with Crippen molar-refractivity contribution in [1.29, 1.82) is 0 Å². The van der Waals surface area contributed by atoms with Gasteiger partial charge in [0.25, 0.3) is 5.56 Å². The number of furan rings is 1. The molecule has 0 bridgehead atoms. The number of fused-ring (bicyclic) bond motifs is 1. The van der Waals surface area contributed by atoms with Crippen LogP contribution in [0.4, 0.5) is 0 Å². The minimum atomic E-state index is -0.486. The number of pyridine rings is 1. The third-order valence-electron chi connectivity index (χ3n) is 3.10. The first-order valence-corrected chi connectivity index (χ1v) is 7.30. The summed E-state index contributed by atoms with van der Waals surface area (Å²) in [5.41, 5.74) is 0.242. The Bertz CT molecular complexity index is 948. The topological polar surface area (TPSA) is 73.8 Å². The lowest BCUT2D eigenvalue weighted by molar-refractivity contribution is -0.142. The van der Waals surface area contributed by atoms with E-state index in [0.29, 0.717) is 10.8 Å². The Morgan fingerprint density at radius 2 is 2.22 bits per heavy atom. The molecule has 8 heteroatoms. The first-order chi connectivity index (χ1) is 11.0. The van der Waals surface area contributed by atoms with E-state index in [1.807, 2.05) is 0 Å². The minimum absolute atomic E-state index is 0.171. The number of rotatable bonds is 3. The Balaban J connectivity index is 2.32. The lowest BCUT2D eigenvalue weighted by Gasteiger charge is -2.10. The molecule has 6 nitrogen and oxygen atoms in total. The second-order valence-electron chi connectivity index (χ2n) is 4.70. The van der Waals surface area contributed by atoms with Gasteiger partial charge in [-0.3, -0.25) is 14.0 Å². The van der Waals surface area contributed by atoms with E-state index in [1.54, 1.807) is 12.1 Å². The third kappa shape index (κ3) is 2.95. The van der Waals surface area contributed by atoms with Crippen LogP contribution in [0.5, 0.6) is 0 Å². The van der Waals surface area contributed by atoms with Gasteiger partial charge in [0.1, 0.15) is 17.9 Å². The molecular weight excluding hydrogens is 343 g/mol. The fraction of sp³-hybridized carbons (Fsp3) is 0.133. The maximum atomic E-state index is 12.8. The van der Waals surface area contributed by atoms with Gasteiger partial charge in [0, 0.05) is 13.1 Å². The highest BCUT2D eigenvalue weighted by molar-refractivity contribution is 6.36. The smallest absolute Gasteiger partial charge is 0.303 e. The molecule has 3 aromatic rings. The lowest BCUT2D eigenvalue weighted by atomic mass is 10.1. The van der Waals surface area contributed by atoms with Gasteiger partial charge in [0.05, 0.1) is 22.0 Å². The number of aromatic nitrogens is 2. The summed E-state index contributed by atoms with van der Waals surface area (Å²) in [6, 6.07) is 4.74. The highest BCUT2D eigenvalue weighted by Gasteiger charge is 2.19. The highest BCUT2D eigenvalue weighted by Crippen LogP contribution is 2.25. The molecule has 0 fully saturated rings. The zero-order valence-electron chi connectivity index (χ0n) is 11.9. The van der Waals surface area contributed by atoms with Gasteiger partial charge in [0.15, 0.2) is 5.65 Å². The van der Waals surface area contributed by atoms with E-state index in [1.165, 1.54) is 29.9 Å². The summed E-state index contributed by atoms with van der Waals surface area (Å²) in [5.74, 6) is -0.172. The van der Waals surface area contributed by atoms with Crippen LogP contribution in [-0.4, -0.2) is 15.4 Å². The zero-order chi connectivity index (χ0) is 16.6. The van der Waals surface area contributed by atoms with Crippen LogP contribution in [0.1, 0.15) is 12.6 Å². The zero-order valence-corrected chi connectivity index (χ0v) is 13.4. The van der Waals surface area contributed by atoms with Crippen molar-refractivity contribution in [3.05, 3.63) is 56.8 Å². The summed E-state index contributed by atoms with van der Waals surface area (Å²) in [4.78, 5) is 28.2. The van der Waals surface area contributed by atoms with Gasteiger partial charge in [-0.2, -0.15) is 0 Å². The van der Waals surface area contributed by atoms with Crippen LogP contribution in [0.2, 0.25) is 10.0 Å². The van der Waals surface area contributed by atoms with E-state index < -0.39 is 11.5 Å². The maximum Gasteiger partial charge on any atom is 0.303 e. The Labute approximate surface area is 140 Å². The molecule has 23 heavy (non-hydrogen) atoms. The monoisotopic (exact) mass is 352 g/mol. The SMILES string of the molecule is CC(=O)OCc1nc2c(Cl)cc(Cl)cn2c(=O)c1-c1ccco1. The van der Waals surface area contributed by atoms with Crippen LogP contribution in [-0.2, 0) is 16.1 Å². The summed E-state index contributed by atoms with van der Waals surface area (Å²) < 4.78 is 11.5. The normalized spacial score (nSPS) is 10.9. The van der Waals surface area contributed by atoms with Crippen molar-refractivity contribution in [3.8, 4) is 11.3 Å². The summed E-state index contributed by atoms with van der Waals surface area (Å²) in [5, 5.41) is 0.509. The molecule has 0 amide bonds. The Morgan fingerprint density at radius 1 is 1.43 bits per heavy atom. The number of hydrogen-bond donors (Lipinski definition) is 0. The van der Waals surface area contributed by atoms with Crippen molar-refractivity contribution < 1.29 is 13.9 Å². The van der Waals surface area contributed by atoms with Gasteiger partial charge in [-0.25, -0.2) is 4.98 Å². The van der Waals surface area contributed by atoms with E-state index in [-0.39, 0.29) is 28.5 Å². The first-order valence-electron chi connectivity index (χ1n) is 6.55. The second-order valence-corrected chi connectivity index (χ2v) is 5.54. The number of esters is 1. The van der Waals surface area contributed by atoms with E-state index in [9.17, 15) is 9.59 Å². The van der Waals surface area contributed by atoms with Crippen LogP contribution < -0.4 is 5.56 Å². The molecule has 0 atom stereocenters. The summed E-state index contributed by atoms with van der Waals surface area (Å²) >= 11 is 12.1. The van der Waals surface area contributed by atoms with Gasteiger partial charge in [-0.1, -0.05) is 23.2 Å². The van der Waals surface area contributed by atoms with E-state index in [2.05, 4.69) is 4.98 Å². The number of hydrogen-bond acceptors (Lipinski definition) is 5. The summed E-state index contributed by atoms with van der Waals surface area (Å²) in [6.07, 6.45) is 2.85. The minimum Gasteiger partial charge on any atom is -0.464 e. The molecule has 0 aromatic carbocycles. The second kappa shape index (κ2) is 6.06. The first kappa shape index (κ1) is 15.6. The van der Waals surface area contributed by atoms with Crippen LogP contribution in [0.25, 0.3) is 17.0 Å². The number of nitrogens with zero attached hydrogens (tertiary/aromatic N) is 2. The van der Waals surface area contributed by atoms with Crippen molar-refractivity contribution in [2.24, 2.45) is 0 Å². The van der Waals surface area contributed by atoms with Gasteiger partial charge >= 0.3 is 5.97 Å². The fourth-order valence-corrected chi connectivity index (χ4v) is 2.67. The molecule has 0 aliphatic rings. The van der Waals surface area contributed by atoms with Gasteiger partial charge in [-0.15, -0.1) is 0 Å². The fourth-order valence-electron chi connectivity index (χ4n) is 2.15. The number of halogens is 2. The average molecular weight is 353 g/mol. The van der Waals surface area contributed by atoms with Crippen LogP contribution >= 0.6 is 23.2 Å². The predicted octanol–water partition coefficient (Wildman–Crippen LogP) is 3.32. The highest BCUT2D eigenvalue weighted by atomic mass is 35.5. The quantitative estimate of drug-likeness (QED) is 0.676. The van der Waals surface area contributed by atoms with Crippen molar-refractivity contribution in [1.82, 2.24) is 9.38 Å². The maximum absolute atomic E-state index is 12.8. The molecule has 0 saturated carbocycles. The van der Waals surface area contributed by atoms with Crippen molar-refractivity contribution in [3.63, 3.8) is 0 Å². The van der Waals surface area contributed by atoms with Crippen molar-refractivity contribution in [2.75, 3.05) is 0 Å². The molecular formula is C15H10Cl2N2O4. The molecule has 3 rings (SSSR count). The van der Waals surface area contributed by atoms with Gasteiger partial charge in [-0.05, 0) is 18.2 Å². The average Bonchev–Trinajstić information content (AvgIpc) is 3.00. The number of carbonyl (C=O) groups excluding carboxylic acids is 1. The Morgan fingerprint density at radius 3 is 2.87 bits per heavy atom. The Kier molecular flexibility index (Phi) is 4.11. The van der Waals surface area contributed by atoms with Gasteiger partial charge in [0.2, 0.25) is 0 Å². The molecule has 118 valence electrons. The third-order valence-corrected chi connectivity index (χ3v) is 3.59. The number of ether oxygens (including phenoxy) is 1. The van der Waals surface area contributed by atoms with E-state index >= 15 is 0 Å². The molecule has 0 unspecified atom stereocenters. The summed E-state index contributed by atoms with van der Waals surface area (Å²) in [6.45, 7) is 1.10. The van der Waals surface area contributed by atoms with E-state index in [4.69, 9.17) is 32.4 Å². The number of carbonyl (C=O) groups is 1.